The zero-order valence-corrected chi connectivity index (χ0v) is 15.9. The summed E-state index contributed by atoms with van der Waals surface area (Å²) in [6.45, 7) is 5.55. The van der Waals surface area contributed by atoms with Gasteiger partial charge in [-0.05, 0) is 38.5 Å². The van der Waals surface area contributed by atoms with E-state index in [-0.39, 0.29) is 11.7 Å². The number of ether oxygens (including phenoxy) is 2. The first-order chi connectivity index (χ1) is 12.4. The molecule has 0 aliphatic heterocycles. The highest BCUT2D eigenvalue weighted by Crippen LogP contribution is 2.32. The van der Waals surface area contributed by atoms with Gasteiger partial charge in [-0.25, -0.2) is 9.78 Å². The number of thiophene rings is 1. The van der Waals surface area contributed by atoms with Crippen molar-refractivity contribution in [1.29, 1.82) is 0 Å². The van der Waals surface area contributed by atoms with Gasteiger partial charge >= 0.3 is 5.97 Å². The summed E-state index contributed by atoms with van der Waals surface area (Å²) in [4.78, 5) is 29.7. The maximum absolute atomic E-state index is 13.0. The molecular weight excluding hydrogens is 352 g/mol. The molecule has 0 radical (unpaired) electrons. The minimum atomic E-state index is -0.737. The van der Waals surface area contributed by atoms with E-state index in [4.69, 9.17) is 9.47 Å². The van der Waals surface area contributed by atoms with Crippen LogP contribution in [0.1, 0.15) is 26.8 Å². The van der Waals surface area contributed by atoms with E-state index in [1.54, 1.807) is 6.92 Å². The Bertz CT molecular complexity index is 989. The number of benzene rings is 1. The van der Waals surface area contributed by atoms with E-state index in [9.17, 15) is 9.59 Å². The van der Waals surface area contributed by atoms with E-state index in [0.717, 1.165) is 16.9 Å². The normalized spacial score (nSPS) is 12.3. The van der Waals surface area contributed by atoms with Crippen molar-refractivity contribution in [2.45, 2.75) is 32.9 Å². The topological polar surface area (TPSA) is 70.4 Å². The molecule has 0 aliphatic carbocycles. The predicted octanol–water partition coefficient (Wildman–Crippen LogP) is 3.65. The molecule has 0 amide bonds. The Labute approximate surface area is 155 Å². The van der Waals surface area contributed by atoms with Gasteiger partial charge in [0.05, 0.1) is 24.9 Å². The Balaban J connectivity index is 2.07. The minimum Gasteiger partial charge on any atom is -0.491 e. The van der Waals surface area contributed by atoms with Gasteiger partial charge in [0.25, 0.3) is 5.56 Å². The van der Waals surface area contributed by atoms with Crippen molar-refractivity contribution in [3.8, 4) is 16.9 Å². The monoisotopic (exact) mass is 372 g/mol. The average molecular weight is 372 g/mol. The summed E-state index contributed by atoms with van der Waals surface area (Å²) in [6.07, 6.45) is 1.49. The van der Waals surface area contributed by atoms with Crippen molar-refractivity contribution >= 4 is 27.5 Å². The lowest BCUT2D eigenvalue weighted by Gasteiger charge is -2.12. The smallest absolute Gasteiger partial charge is 0.328 e. The molecule has 0 saturated carbocycles. The third-order valence-electron chi connectivity index (χ3n) is 4.02. The lowest BCUT2D eigenvalue weighted by atomic mass is 10.1. The minimum absolute atomic E-state index is 0.0963. The molecule has 0 bridgehead atoms. The summed E-state index contributed by atoms with van der Waals surface area (Å²) in [7, 11) is 1.30. The van der Waals surface area contributed by atoms with Crippen LogP contribution in [-0.2, 0) is 9.53 Å². The molecule has 0 saturated heterocycles. The number of hydrogen-bond donors (Lipinski definition) is 0. The second-order valence-corrected chi connectivity index (χ2v) is 7.03. The molecule has 136 valence electrons. The standard InChI is InChI=1S/C19H20N2O4S/c1-11(2)25-14-7-5-13(6-8-14)15-9-26-17-16(15)18(22)21(10-20-17)12(3)19(23)24-4/h5-12H,1-4H3/t12-/m1/s1. The van der Waals surface area contributed by atoms with Gasteiger partial charge in [0.2, 0.25) is 0 Å². The Kier molecular flexibility index (Phi) is 5.08. The summed E-state index contributed by atoms with van der Waals surface area (Å²) in [5.41, 5.74) is 1.44. The number of carbonyl (C=O) groups excluding carboxylic acids is 1. The van der Waals surface area contributed by atoms with Crippen molar-refractivity contribution in [2.75, 3.05) is 7.11 Å². The molecule has 1 aromatic carbocycles. The first kappa shape index (κ1) is 18.1. The maximum atomic E-state index is 13.0. The van der Waals surface area contributed by atoms with Crippen LogP contribution in [0.2, 0.25) is 0 Å². The molecule has 26 heavy (non-hydrogen) atoms. The predicted molar refractivity (Wildman–Crippen MR) is 102 cm³/mol. The third-order valence-corrected chi connectivity index (χ3v) is 4.90. The molecule has 0 spiro atoms. The molecule has 7 heteroatoms. The van der Waals surface area contributed by atoms with Crippen LogP contribution in [0.4, 0.5) is 0 Å². The highest BCUT2D eigenvalue weighted by Gasteiger charge is 2.20. The lowest BCUT2D eigenvalue weighted by Crippen LogP contribution is -2.29. The van der Waals surface area contributed by atoms with Crippen LogP contribution in [0.3, 0.4) is 0 Å². The molecule has 0 fully saturated rings. The molecule has 6 nitrogen and oxygen atoms in total. The zero-order valence-electron chi connectivity index (χ0n) is 15.1. The quantitative estimate of drug-likeness (QED) is 0.640. The number of nitrogens with zero attached hydrogens (tertiary/aromatic N) is 2. The summed E-state index contributed by atoms with van der Waals surface area (Å²) in [5.74, 6) is 0.290. The van der Waals surface area contributed by atoms with E-state index in [1.165, 1.54) is 29.3 Å². The second kappa shape index (κ2) is 7.29. The van der Waals surface area contributed by atoms with Crippen LogP contribution in [0.5, 0.6) is 5.75 Å². The van der Waals surface area contributed by atoms with Crippen molar-refractivity contribution in [3.63, 3.8) is 0 Å². The van der Waals surface area contributed by atoms with Crippen molar-refractivity contribution in [1.82, 2.24) is 9.55 Å². The highest BCUT2D eigenvalue weighted by molar-refractivity contribution is 7.17. The molecular formula is C19H20N2O4S. The SMILES string of the molecule is COC(=O)[C@@H](C)n1cnc2scc(-c3ccc(OC(C)C)cc3)c2c1=O. The molecule has 1 atom stereocenters. The maximum Gasteiger partial charge on any atom is 0.328 e. The van der Waals surface area contributed by atoms with Crippen LogP contribution in [0.15, 0.2) is 40.8 Å². The fraction of sp³-hybridized carbons (Fsp3) is 0.316. The van der Waals surface area contributed by atoms with Crippen molar-refractivity contribution in [2.24, 2.45) is 0 Å². The molecule has 2 heterocycles. The number of carbonyl (C=O) groups is 1. The third kappa shape index (κ3) is 3.35. The first-order valence-corrected chi connectivity index (χ1v) is 9.13. The van der Waals surface area contributed by atoms with Crippen LogP contribution >= 0.6 is 11.3 Å². The summed E-state index contributed by atoms with van der Waals surface area (Å²) >= 11 is 1.40. The molecule has 3 aromatic rings. The number of fused-ring (bicyclic) bond motifs is 1. The Morgan fingerprint density at radius 2 is 1.88 bits per heavy atom. The van der Waals surface area contributed by atoms with Gasteiger partial charge < -0.3 is 9.47 Å². The van der Waals surface area contributed by atoms with Crippen molar-refractivity contribution in [3.05, 3.63) is 46.3 Å². The lowest BCUT2D eigenvalue weighted by molar-refractivity contribution is -0.144. The molecule has 0 aliphatic rings. The number of aromatic nitrogens is 2. The van der Waals surface area contributed by atoms with E-state index in [0.29, 0.717) is 10.2 Å². The van der Waals surface area contributed by atoms with E-state index < -0.39 is 12.0 Å². The molecule has 3 rings (SSSR count). The fourth-order valence-electron chi connectivity index (χ4n) is 2.70. The van der Waals surface area contributed by atoms with Crippen LogP contribution < -0.4 is 10.3 Å². The molecule has 2 aromatic heterocycles. The number of methoxy groups -OCH3 is 1. The number of rotatable bonds is 5. The highest BCUT2D eigenvalue weighted by atomic mass is 32.1. The van der Waals surface area contributed by atoms with Gasteiger partial charge in [0.15, 0.2) is 0 Å². The van der Waals surface area contributed by atoms with Crippen molar-refractivity contribution < 1.29 is 14.3 Å². The summed E-state index contributed by atoms with van der Waals surface area (Å²) in [6, 6.07) is 6.86. The molecule has 0 N–H and O–H groups in total. The largest absolute Gasteiger partial charge is 0.491 e. The van der Waals surface area contributed by atoms with Gasteiger partial charge in [-0.1, -0.05) is 12.1 Å². The van der Waals surface area contributed by atoms with E-state index in [1.807, 2.05) is 43.5 Å². The zero-order chi connectivity index (χ0) is 18.8. The van der Waals surface area contributed by atoms with Gasteiger partial charge in [0.1, 0.15) is 16.6 Å². The summed E-state index contributed by atoms with van der Waals surface area (Å²) in [5, 5.41) is 2.41. The average Bonchev–Trinajstić information content (AvgIpc) is 3.06. The first-order valence-electron chi connectivity index (χ1n) is 8.25. The van der Waals surface area contributed by atoms with E-state index in [2.05, 4.69) is 4.98 Å². The van der Waals surface area contributed by atoms with Gasteiger partial charge in [-0.15, -0.1) is 11.3 Å². The van der Waals surface area contributed by atoms with Gasteiger partial charge in [-0.2, -0.15) is 0 Å². The van der Waals surface area contributed by atoms with Crippen LogP contribution in [0.25, 0.3) is 21.3 Å². The molecule has 0 unspecified atom stereocenters. The van der Waals surface area contributed by atoms with Gasteiger partial charge in [0, 0.05) is 10.9 Å². The number of hydrogen-bond acceptors (Lipinski definition) is 6. The van der Waals surface area contributed by atoms with Crippen LogP contribution in [-0.4, -0.2) is 28.7 Å². The number of esters is 1. The Hall–Kier alpha value is -2.67. The second-order valence-electron chi connectivity index (χ2n) is 6.18. The van der Waals surface area contributed by atoms with E-state index >= 15 is 0 Å². The Morgan fingerprint density at radius 3 is 2.50 bits per heavy atom. The fourth-order valence-corrected chi connectivity index (χ4v) is 3.61. The van der Waals surface area contributed by atoms with Gasteiger partial charge in [-0.3, -0.25) is 9.36 Å². The Morgan fingerprint density at radius 1 is 1.19 bits per heavy atom. The summed E-state index contributed by atoms with van der Waals surface area (Å²) < 4.78 is 11.7. The van der Waals surface area contributed by atoms with Crippen LogP contribution in [0, 0.1) is 0 Å².